The molecule has 0 spiro atoms. The Labute approximate surface area is 93.4 Å². The molecule has 76 valence electrons. The fraction of sp³-hybridized carbons (Fsp3) is 0. The van der Waals surface area contributed by atoms with Crippen LogP contribution >= 0.6 is 15.9 Å². The number of H-pyrrole nitrogens is 1. The first kappa shape index (κ1) is 9.85. The van der Waals surface area contributed by atoms with E-state index >= 15 is 0 Å². The summed E-state index contributed by atoms with van der Waals surface area (Å²) in [7, 11) is 0. The van der Waals surface area contributed by atoms with Crippen molar-refractivity contribution in [1.82, 2.24) is 10.2 Å². The fourth-order valence-corrected chi connectivity index (χ4v) is 1.67. The molecule has 0 saturated carbocycles. The zero-order chi connectivity index (χ0) is 10.8. The quantitative estimate of drug-likeness (QED) is 0.672. The van der Waals surface area contributed by atoms with Crippen molar-refractivity contribution in [3.05, 3.63) is 45.0 Å². The highest BCUT2D eigenvalue weighted by molar-refractivity contribution is 9.10. The molecule has 2 rings (SSSR count). The van der Waals surface area contributed by atoms with Crippen LogP contribution in [0.3, 0.4) is 0 Å². The molecule has 0 aliphatic rings. The van der Waals surface area contributed by atoms with Crippen molar-refractivity contribution < 1.29 is 4.92 Å². The molecule has 1 N–H and O–H groups in total. The average Bonchev–Trinajstić information content (AvgIpc) is 2.64. The van der Waals surface area contributed by atoms with Gasteiger partial charge < -0.3 is 0 Å². The SMILES string of the molecule is O=[N+]([O-])c1cccc(-c2[nH]ncc2Br)c1. The Bertz CT molecular complexity index is 510. The molecule has 5 nitrogen and oxygen atoms in total. The molecule has 6 heteroatoms. The summed E-state index contributed by atoms with van der Waals surface area (Å²) >= 11 is 3.30. The Balaban J connectivity index is 2.50. The van der Waals surface area contributed by atoms with Gasteiger partial charge >= 0.3 is 0 Å². The molecule has 0 amide bonds. The monoisotopic (exact) mass is 267 g/mol. The normalized spacial score (nSPS) is 10.2. The summed E-state index contributed by atoms with van der Waals surface area (Å²) in [6.45, 7) is 0. The van der Waals surface area contributed by atoms with Gasteiger partial charge in [-0.1, -0.05) is 12.1 Å². The van der Waals surface area contributed by atoms with Gasteiger partial charge in [-0.25, -0.2) is 0 Å². The maximum absolute atomic E-state index is 10.6. The molecule has 1 aromatic heterocycles. The summed E-state index contributed by atoms with van der Waals surface area (Å²) in [5.74, 6) is 0. The van der Waals surface area contributed by atoms with Gasteiger partial charge in [-0.05, 0) is 15.9 Å². The second-order valence-corrected chi connectivity index (χ2v) is 3.75. The van der Waals surface area contributed by atoms with E-state index in [9.17, 15) is 10.1 Å². The van der Waals surface area contributed by atoms with Gasteiger partial charge in [-0.2, -0.15) is 5.10 Å². The molecular weight excluding hydrogens is 262 g/mol. The molecule has 0 aliphatic heterocycles. The number of aromatic amines is 1. The van der Waals surface area contributed by atoms with Gasteiger partial charge in [0.25, 0.3) is 5.69 Å². The molecule has 0 bridgehead atoms. The molecule has 0 fully saturated rings. The van der Waals surface area contributed by atoms with Crippen molar-refractivity contribution in [2.45, 2.75) is 0 Å². The number of rotatable bonds is 2. The Morgan fingerprint density at radius 2 is 2.27 bits per heavy atom. The number of benzene rings is 1. The van der Waals surface area contributed by atoms with E-state index in [-0.39, 0.29) is 5.69 Å². The van der Waals surface area contributed by atoms with Crippen molar-refractivity contribution in [2.24, 2.45) is 0 Å². The molecule has 1 aromatic carbocycles. The van der Waals surface area contributed by atoms with Gasteiger partial charge in [0, 0.05) is 17.7 Å². The van der Waals surface area contributed by atoms with Crippen molar-refractivity contribution in [3.8, 4) is 11.3 Å². The first-order chi connectivity index (χ1) is 7.18. The molecule has 0 aliphatic carbocycles. The van der Waals surface area contributed by atoms with Crippen LogP contribution in [0.15, 0.2) is 34.9 Å². The largest absolute Gasteiger partial charge is 0.277 e. The molecule has 2 aromatic rings. The third kappa shape index (κ3) is 1.89. The highest BCUT2D eigenvalue weighted by Crippen LogP contribution is 2.27. The van der Waals surface area contributed by atoms with E-state index < -0.39 is 4.92 Å². The van der Waals surface area contributed by atoms with Gasteiger partial charge in [0.1, 0.15) is 0 Å². The lowest BCUT2D eigenvalue weighted by Crippen LogP contribution is -1.88. The summed E-state index contributed by atoms with van der Waals surface area (Å²) in [6, 6.07) is 6.37. The standard InChI is InChI=1S/C9H6BrN3O2/c10-8-5-11-12-9(8)6-2-1-3-7(4-6)13(14)15/h1-5H,(H,11,12). The predicted molar refractivity (Wildman–Crippen MR) is 58.4 cm³/mol. The third-order valence-electron chi connectivity index (χ3n) is 1.94. The van der Waals surface area contributed by atoms with E-state index in [1.54, 1.807) is 18.3 Å². The molecule has 15 heavy (non-hydrogen) atoms. The van der Waals surface area contributed by atoms with E-state index in [1.807, 2.05) is 0 Å². The van der Waals surface area contributed by atoms with Crippen LogP contribution in [0.1, 0.15) is 0 Å². The molecule has 0 saturated heterocycles. The van der Waals surface area contributed by atoms with Crippen LogP contribution in [0.4, 0.5) is 5.69 Å². The Kier molecular flexibility index (Phi) is 2.51. The molecule has 0 unspecified atom stereocenters. The molecule has 1 heterocycles. The topological polar surface area (TPSA) is 71.8 Å². The van der Waals surface area contributed by atoms with Gasteiger partial charge in [-0.15, -0.1) is 0 Å². The average molecular weight is 268 g/mol. The summed E-state index contributed by atoms with van der Waals surface area (Å²) in [6.07, 6.45) is 1.61. The zero-order valence-corrected chi connectivity index (χ0v) is 9.06. The van der Waals surface area contributed by atoms with E-state index in [0.717, 1.165) is 15.7 Å². The second-order valence-electron chi connectivity index (χ2n) is 2.90. The number of nitrogens with zero attached hydrogens (tertiary/aromatic N) is 2. The van der Waals surface area contributed by atoms with Crippen molar-refractivity contribution in [2.75, 3.05) is 0 Å². The maximum Gasteiger partial charge on any atom is 0.270 e. The highest BCUT2D eigenvalue weighted by Gasteiger charge is 2.10. The lowest BCUT2D eigenvalue weighted by molar-refractivity contribution is -0.384. The number of halogens is 1. The van der Waals surface area contributed by atoms with Crippen LogP contribution in [-0.4, -0.2) is 15.1 Å². The molecule has 0 radical (unpaired) electrons. The van der Waals surface area contributed by atoms with Crippen molar-refractivity contribution in [3.63, 3.8) is 0 Å². The van der Waals surface area contributed by atoms with Crippen molar-refractivity contribution >= 4 is 21.6 Å². The number of aromatic nitrogens is 2. The van der Waals surface area contributed by atoms with Gasteiger partial charge in [0.05, 0.1) is 21.3 Å². The van der Waals surface area contributed by atoms with Crippen LogP contribution in [-0.2, 0) is 0 Å². The van der Waals surface area contributed by atoms with Crippen LogP contribution in [0, 0.1) is 10.1 Å². The van der Waals surface area contributed by atoms with Gasteiger partial charge in [0.2, 0.25) is 0 Å². The first-order valence-corrected chi connectivity index (χ1v) is 4.91. The molecular formula is C9H6BrN3O2. The summed E-state index contributed by atoms with van der Waals surface area (Å²) in [4.78, 5) is 10.2. The zero-order valence-electron chi connectivity index (χ0n) is 7.48. The van der Waals surface area contributed by atoms with Gasteiger partial charge in [0.15, 0.2) is 0 Å². The van der Waals surface area contributed by atoms with E-state index in [0.29, 0.717) is 0 Å². The van der Waals surface area contributed by atoms with Crippen LogP contribution in [0.25, 0.3) is 11.3 Å². The Morgan fingerprint density at radius 3 is 2.87 bits per heavy atom. The lowest BCUT2D eigenvalue weighted by Gasteiger charge is -1.98. The summed E-state index contributed by atoms with van der Waals surface area (Å²) in [5.41, 5.74) is 1.53. The fourth-order valence-electron chi connectivity index (χ4n) is 1.25. The van der Waals surface area contributed by atoms with Crippen LogP contribution in [0.5, 0.6) is 0 Å². The maximum atomic E-state index is 10.6. The van der Waals surface area contributed by atoms with E-state index in [2.05, 4.69) is 26.1 Å². The minimum atomic E-state index is -0.423. The van der Waals surface area contributed by atoms with Crippen LogP contribution < -0.4 is 0 Å². The second kappa shape index (κ2) is 3.82. The summed E-state index contributed by atoms with van der Waals surface area (Å²) in [5, 5.41) is 17.2. The first-order valence-electron chi connectivity index (χ1n) is 4.12. The van der Waals surface area contributed by atoms with E-state index in [4.69, 9.17) is 0 Å². The lowest BCUT2D eigenvalue weighted by atomic mass is 10.1. The van der Waals surface area contributed by atoms with E-state index in [1.165, 1.54) is 12.1 Å². The Hall–Kier alpha value is -1.69. The van der Waals surface area contributed by atoms with Crippen LogP contribution in [0.2, 0.25) is 0 Å². The minimum Gasteiger partial charge on any atom is -0.277 e. The number of hydrogen-bond acceptors (Lipinski definition) is 3. The minimum absolute atomic E-state index is 0.0639. The highest BCUT2D eigenvalue weighted by atomic mass is 79.9. The summed E-state index contributed by atoms with van der Waals surface area (Å²) < 4.78 is 0.781. The predicted octanol–water partition coefficient (Wildman–Crippen LogP) is 2.75. The molecule has 0 atom stereocenters. The Morgan fingerprint density at radius 1 is 1.47 bits per heavy atom. The third-order valence-corrected chi connectivity index (χ3v) is 2.54. The number of hydrogen-bond donors (Lipinski definition) is 1. The number of non-ortho nitro benzene ring substituents is 1. The number of nitrogens with one attached hydrogen (secondary N) is 1. The smallest absolute Gasteiger partial charge is 0.270 e. The van der Waals surface area contributed by atoms with Crippen molar-refractivity contribution in [1.29, 1.82) is 0 Å². The number of nitro groups is 1. The number of nitro benzene ring substituents is 1. The van der Waals surface area contributed by atoms with Gasteiger partial charge in [-0.3, -0.25) is 15.2 Å².